The summed E-state index contributed by atoms with van der Waals surface area (Å²) in [6.07, 6.45) is 11.3. The molecule has 19 heteroatoms. The van der Waals surface area contributed by atoms with Crippen molar-refractivity contribution in [2.24, 2.45) is 26.3 Å². The molecule has 7 aromatic rings. The van der Waals surface area contributed by atoms with Gasteiger partial charge in [-0.1, -0.05) is 115 Å². The van der Waals surface area contributed by atoms with Crippen LogP contribution in [0, 0.1) is 40.2 Å². The number of nitrogens with two attached hydrogens (primary N) is 1. The van der Waals surface area contributed by atoms with E-state index in [1.807, 2.05) is 154 Å². The lowest BCUT2D eigenvalue weighted by molar-refractivity contribution is -0.591. The number of carboxylic acid groups (broad SMARTS) is 1. The number of rotatable bonds is 2. The minimum absolute atomic E-state index is 0.0602. The Bertz CT molecular complexity index is 2350. The van der Waals surface area contributed by atoms with Crippen molar-refractivity contribution in [3.05, 3.63) is 190 Å². The fourth-order valence-electron chi connectivity index (χ4n) is 3.62. The van der Waals surface area contributed by atoms with E-state index in [-0.39, 0.29) is 17.0 Å². The first kappa shape index (κ1) is 76.6. The van der Waals surface area contributed by atoms with Crippen LogP contribution in [0.15, 0.2) is 152 Å². The molecule has 0 bridgehead atoms. The Morgan fingerprint density at radius 3 is 1.38 bits per heavy atom. The molecule has 392 valence electrons. The van der Waals surface area contributed by atoms with Crippen molar-refractivity contribution in [1.82, 2.24) is 28.1 Å². The monoisotopic (exact) mass is 985 g/mol. The van der Waals surface area contributed by atoms with Gasteiger partial charge in [-0.3, -0.25) is 5.41 Å². The highest BCUT2D eigenvalue weighted by molar-refractivity contribution is 5.85. The van der Waals surface area contributed by atoms with Gasteiger partial charge in [0.05, 0.1) is 6.20 Å². The number of hydrogen-bond acceptors (Lipinski definition) is 10. The molecule has 0 unspecified atom stereocenters. The van der Waals surface area contributed by atoms with Crippen molar-refractivity contribution in [1.29, 1.82) is 15.9 Å². The first-order valence-corrected chi connectivity index (χ1v) is 23.3. The molecule has 0 atom stereocenters. The van der Waals surface area contributed by atoms with E-state index in [4.69, 9.17) is 42.7 Å². The van der Waals surface area contributed by atoms with E-state index in [1.165, 1.54) is 42.5 Å². The molecule has 7 heterocycles. The number of pyridine rings is 3. The van der Waals surface area contributed by atoms with Gasteiger partial charge in [-0.15, -0.1) is 0 Å². The molecule has 0 fully saturated rings. The van der Waals surface area contributed by atoms with Crippen LogP contribution in [0.3, 0.4) is 0 Å². The summed E-state index contributed by atoms with van der Waals surface area (Å²) in [5, 5.41) is 63.0. The van der Waals surface area contributed by atoms with Crippen molar-refractivity contribution in [3.8, 4) is 12.1 Å². The average molecular weight is 985 g/mol. The molecule has 0 aliphatic rings. The van der Waals surface area contributed by atoms with Crippen molar-refractivity contribution in [3.63, 3.8) is 0 Å². The minimum atomic E-state index is -0.887. The molecule has 0 amide bonds. The largest absolute Gasteiger partial charge is 0.710 e. The summed E-state index contributed by atoms with van der Waals surface area (Å²) >= 11 is 0. The van der Waals surface area contributed by atoms with Crippen molar-refractivity contribution in [2.75, 3.05) is 5.73 Å². The van der Waals surface area contributed by atoms with Gasteiger partial charge < -0.3 is 40.2 Å². The molecular weight excluding hydrogens is 901 g/mol. The Morgan fingerprint density at radius 2 is 1.13 bits per heavy atom. The van der Waals surface area contributed by atoms with Gasteiger partial charge in [-0.2, -0.15) is 20.0 Å². The zero-order valence-corrected chi connectivity index (χ0v) is 45.5. The van der Waals surface area contributed by atoms with Gasteiger partial charge in [0.2, 0.25) is 4.91 Å². The fourth-order valence-corrected chi connectivity index (χ4v) is 3.62. The number of aromatic carboxylic acids is 1. The van der Waals surface area contributed by atoms with Crippen LogP contribution in [-0.4, -0.2) is 49.6 Å². The van der Waals surface area contributed by atoms with Gasteiger partial charge in [0.15, 0.2) is 11.2 Å². The molecule has 7 rings (SSSR count). The third-order valence-electron chi connectivity index (χ3n) is 6.75. The van der Waals surface area contributed by atoms with Crippen LogP contribution in [0.2, 0.25) is 0 Å². The maximum Gasteiger partial charge on any atom is 0.419 e. The predicted octanol–water partition coefficient (Wildman–Crippen LogP) is 12.9. The quantitative estimate of drug-likeness (QED) is 0.0274. The van der Waals surface area contributed by atoms with Gasteiger partial charge >= 0.3 is 16.9 Å². The highest BCUT2D eigenvalue weighted by atomic mass is 16.5. The Kier molecular flexibility index (Phi) is 62.0. The summed E-state index contributed by atoms with van der Waals surface area (Å²) in [5.41, 5.74) is 15.9. The minimum Gasteiger partial charge on any atom is -0.710 e. The molecule has 7 aromatic heterocycles. The second kappa shape index (κ2) is 57.5. The maximum absolute atomic E-state index is 10.7. The van der Waals surface area contributed by atoms with Gasteiger partial charge in [0, 0.05) is 75.6 Å². The van der Waals surface area contributed by atoms with Crippen LogP contribution in [-0.2, 0) is 21.1 Å². The SMILES string of the molecule is CC.CC.CC.CC.CC.CC.CC.Cc1cccn1C.Cn1cccc1C#N.Cn1cccc1C(=O)O.N#Cc1cccn1O.N=c1ccccn1O.Nc1ccccn1.[N-]=[N+]=Nc1cccc[n+]1[O-]. The molecule has 0 saturated heterocycles. The van der Waals surface area contributed by atoms with Gasteiger partial charge in [-0.05, 0) is 85.8 Å². The topological polar surface area (TPSA) is 288 Å². The zero-order chi connectivity index (χ0) is 56.6. The lowest BCUT2D eigenvalue weighted by Gasteiger charge is -1.96. The van der Waals surface area contributed by atoms with Crippen LogP contribution < -0.4 is 16.0 Å². The number of nitriles is 2. The molecule has 0 radical (unpaired) electrons. The van der Waals surface area contributed by atoms with Gasteiger partial charge in [-0.25, -0.2) is 14.5 Å². The van der Waals surface area contributed by atoms with E-state index in [1.54, 1.807) is 89.2 Å². The van der Waals surface area contributed by atoms with E-state index < -0.39 is 5.97 Å². The number of nitrogens with one attached hydrogen (secondary N) is 1. The maximum atomic E-state index is 10.7. The number of anilines is 1. The van der Waals surface area contributed by atoms with Crippen LogP contribution in [0.25, 0.3) is 10.4 Å². The number of aryl methyl sites for hydroxylation is 4. The third-order valence-corrected chi connectivity index (χ3v) is 6.75. The van der Waals surface area contributed by atoms with Gasteiger partial charge in [0.1, 0.15) is 29.3 Å². The van der Waals surface area contributed by atoms with Gasteiger partial charge in [0.25, 0.3) is 0 Å². The molecule has 0 aliphatic carbocycles. The molecule has 19 nitrogen and oxygen atoms in total. The Balaban J connectivity index is -0.000000129. The second-order valence-corrected chi connectivity index (χ2v) is 10.8. The number of nitrogen functional groups attached to an aromatic ring is 1. The van der Waals surface area contributed by atoms with E-state index >= 15 is 0 Å². The van der Waals surface area contributed by atoms with Crippen molar-refractivity contribution < 1.29 is 25.0 Å². The van der Waals surface area contributed by atoms with Crippen LogP contribution in [0.1, 0.15) is 125 Å². The number of carboxylic acids is 1. The molecule has 6 N–H and O–H groups in total. The summed E-state index contributed by atoms with van der Waals surface area (Å²) in [5.74, 6) is -0.255. The zero-order valence-electron chi connectivity index (χ0n) is 45.5. The average Bonchev–Trinajstić information content (AvgIpc) is 4.25. The Labute approximate surface area is 423 Å². The lowest BCUT2D eigenvalue weighted by Crippen LogP contribution is -2.24. The van der Waals surface area contributed by atoms with E-state index in [9.17, 15) is 10.0 Å². The number of carbonyl (C=O) groups is 1. The first-order valence-electron chi connectivity index (χ1n) is 23.3. The number of nitrogens with zero attached hydrogens (tertiary/aromatic N) is 12. The van der Waals surface area contributed by atoms with E-state index in [0.29, 0.717) is 21.9 Å². The first-order chi connectivity index (χ1) is 34.2. The molecule has 0 aliphatic heterocycles. The Hall–Kier alpha value is -8.67. The highest BCUT2D eigenvalue weighted by Gasteiger charge is 2.06. The second-order valence-electron chi connectivity index (χ2n) is 10.8. The van der Waals surface area contributed by atoms with E-state index in [0.717, 1.165) is 9.46 Å². The van der Waals surface area contributed by atoms with E-state index in [2.05, 4.69) is 32.6 Å². The van der Waals surface area contributed by atoms with Crippen LogP contribution >= 0.6 is 0 Å². The van der Waals surface area contributed by atoms with Crippen LogP contribution in [0.5, 0.6) is 0 Å². The number of hydrogen-bond donors (Lipinski definition) is 5. The molecule has 0 spiro atoms. The lowest BCUT2D eigenvalue weighted by atomic mass is 10.4. The number of aromatic nitrogens is 7. The summed E-state index contributed by atoms with van der Waals surface area (Å²) in [7, 11) is 5.58. The highest BCUT2D eigenvalue weighted by Crippen LogP contribution is 2.01. The van der Waals surface area contributed by atoms with Crippen molar-refractivity contribution >= 4 is 17.6 Å². The fraction of sp³-hybridized carbons (Fsp3) is 0.346. The van der Waals surface area contributed by atoms with Crippen molar-refractivity contribution in [2.45, 2.75) is 104 Å². The standard InChI is InChI=1S/C6H6N2.C6H7NO2.C6H9N.C5H4N4O.C5H4N2O.C5H6N2O.C5H6N2.7C2H6/c1-8-4-2-3-6(8)5-7;1-7-4-2-3-5(7)6(8)9;1-6-4-3-5-7(6)2;6-8-7-5-3-1-2-4-9(5)10;6-4-5-2-1-3-7(5)8;6-5-3-1-2-4-7(5)8;6-5-3-1-2-4-7-5;7*1-2/h2-4H,1H3;2-4H,1H3,(H,8,9);3-5H,1-2H3;1-4H;1-3,8H;1-4,6,8H;1-4H,(H2,6,7);7*1-2H3. The number of azide groups is 1. The smallest absolute Gasteiger partial charge is 0.419 e. The Morgan fingerprint density at radius 1 is 0.662 bits per heavy atom. The molecule has 71 heavy (non-hydrogen) atoms. The summed E-state index contributed by atoms with van der Waals surface area (Å²) in [4.78, 5) is 16.5. The van der Waals surface area contributed by atoms with Crippen LogP contribution in [0.4, 0.5) is 11.6 Å². The normalized spacial score (nSPS) is 7.66. The summed E-state index contributed by atoms with van der Waals surface area (Å²) in [6.45, 7) is 30.1. The predicted molar refractivity (Wildman–Crippen MR) is 289 cm³/mol. The summed E-state index contributed by atoms with van der Waals surface area (Å²) in [6, 6.07) is 32.8. The molecule has 0 saturated carbocycles. The molecule has 0 aromatic carbocycles. The summed E-state index contributed by atoms with van der Waals surface area (Å²) < 4.78 is 7.45. The molecular formula is C52H84N14O5. The third kappa shape index (κ3) is 41.3.